The molecular weight excluding hydrogens is 314 g/mol. The van der Waals surface area contributed by atoms with Gasteiger partial charge in [-0.25, -0.2) is 0 Å². The predicted octanol–water partition coefficient (Wildman–Crippen LogP) is 2.84. The van der Waals surface area contributed by atoms with Crippen molar-refractivity contribution < 1.29 is 0 Å². The summed E-state index contributed by atoms with van der Waals surface area (Å²) in [6.07, 6.45) is 3.81. The van der Waals surface area contributed by atoms with Gasteiger partial charge in [0.2, 0.25) is 0 Å². The van der Waals surface area contributed by atoms with E-state index in [1.54, 1.807) is 0 Å². The summed E-state index contributed by atoms with van der Waals surface area (Å²) >= 11 is 3.51. The summed E-state index contributed by atoms with van der Waals surface area (Å²) < 4.78 is 1.12. The van der Waals surface area contributed by atoms with Crippen molar-refractivity contribution in [2.75, 3.05) is 26.2 Å². The fourth-order valence-electron chi connectivity index (χ4n) is 2.74. The van der Waals surface area contributed by atoms with Crippen LogP contribution in [-0.4, -0.2) is 36.1 Å². The molecule has 0 radical (unpaired) electrons. The first-order valence-corrected chi connectivity index (χ1v) is 7.74. The van der Waals surface area contributed by atoms with E-state index >= 15 is 0 Å². The minimum Gasteiger partial charge on any atom is -0.314 e. The van der Waals surface area contributed by atoms with Crippen molar-refractivity contribution in [1.29, 1.82) is 0 Å². The van der Waals surface area contributed by atoms with Gasteiger partial charge in [0.1, 0.15) is 0 Å². The zero-order chi connectivity index (χ0) is 13.8. The highest BCUT2D eigenvalue weighted by Gasteiger charge is 2.23. The van der Waals surface area contributed by atoms with E-state index in [0.29, 0.717) is 6.04 Å². The Morgan fingerprint density at radius 1 is 1.05 bits per heavy atom. The van der Waals surface area contributed by atoms with Gasteiger partial charge >= 0.3 is 0 Å². The molecule has 3 nitrogen and oxygen atoms in total. The number of nitrogens with one attached hydrogen (secondary N) is 1. The van der Waals surface area contributed by atoms with Gasteiger partial charge in [0.25, 0.3) is 0 Å². The van der Waals surface area contributed by atoms with E-state index in [1.807, 2.05) is 18.5 Å². The molecule has 0 saturated carbocycles. The Balaban J connectivity index is 1.96. The summed E-state index contributed by atoms with van der Waals surface area (Å²) in [5.41, 5.74) is 2.58. The standard InChI is InChI=1S/C16H18BrN3/c17-15-5-3-13(4-6-15)16(14-2-1-7-19-12-14)20-10-8-18-9-11-20/h1-7,12,16,18H,8-11H2. The number of nitrogens with zero attached hydrogens (tertiary/aromatic N) is 2. The second kappa shape index (κ2) is 6.48. The summed E-state index contributed by atoms with van der Waals surface area (Å²) in [7, 11) is 0. The van der Waals surface area contributed by atoms with Crippen LogP contribution in [0.1, 0.15) is 17.2 Å². The minimum atomic E-state index is 0.291. The number of aromatic nitrogens is 1. The Morgan fingerprint density at radius 2 is 1.80 bits per heavy atom. The SMILES string of the molecule is Brc1ccc(C(c2cccnc2)N2CCNCC2)cc1. The second-order valence-corrected chi connectivity index (χ2v) is 5.94. The maximum absolute atomic E-state index is 4.29. The van der Waals surface area contributed by atoms with E-state index in [1.165, 1.54) is 11.1 Å². The van der Waals surface area contributed by atoms with E-state index in [4.69, 9.17) is 0 Å². The maximum atomic E-state index is 4.29. The molecule has 104 valence electrons. The van der Waals surface area contributed by atoms with Crippen molar-refractivity contribution >= 4 is 15.9 Å². The van der Waals surface area contributed by atoms with Crippen molar-refractivity contribution in [3.63, 3.8) is 0 Å². The summed E-state index contributed by atoms with van der Waals surface area (Å²) in [6, 6.07) is 13.1. The van der Waals surface area contributed by atoms with E-state index in [9.17, 15) is 0 Å². The van der Waals surface area contributed by atoms with Gasteiger partial charge in [-0.05, 0) is 29.3 Å². The average Bonchev–Trinajstić information content (AvgIpc) is 2.52. The van der Waals surface area contributed by atoms with Crippen LogP contribution in [0.5, 0.6) is 0 Å². The van der Waals surface area contributed by atoms with Gasteiger partial charge in [-0.3, -0.25) is 9.88 Å². The van der Waals surface area contributed by atoms with Gasteiger partial charge in [0.15, 0.2) is 0 Å². The lowest BCUT2D eigenvalue weighted by Crippen LogP contribution is -2.45. The summed E-state index contributed by atoms with van der Waals surface area (Å²) in [5, 5.41) is 3.42. The number of halogens is 1. The van der Waals surface area contributed by atoms with Crippen molar-refractivity contribution in [3.8, 4) is 0 Å². The first kappa shape index (κ1) is 13.7. The molecular formula is C16H18BrN3. The number of piperazine rings is 1. The van der Waals surface area contributed by atoms with E-state index in [-0.39, 0.29) is 0 Å². The Hall–Kier alpha value is -1.23. The Kier molecular flexibility index (Phi) is 4.45. The molecule has 0 spiro atoms. The molecule has 0 amide bonds. The van der Waals surface area contributed by atoms with Crippen LogP contribution in [0, 0.1) is 0 Å². The fraction of sp³-hybridized carbons (Fsp3) is 0.312. The van der Waals surface area contributed by atoms with Crippen LogP contribution in [0.4, 0.5) is 0 Å². The smallest absolute Gasteiger partial charge is 0.0617 e. The first-order chi connectivity index (χ1) is 9.84. The Labute approximate surface area is 128 Å². The molecule has 2 aromatic rings. The lowest BCUT2D eigenvalue weighted by Gasteiger charge is -2.35. The normalized spacial score (nSPS) is 17.9. The predicted molar refractivity (Wildman–Crippen MR) is 84.7 cm³/mol. The topological polar surface area (TPSA) is 28.2 Å². The van der Waals surface area contributed by atoms with Gasteiger partial charge in [0.05, 0.1) is 6.04 Å². The van der Waals surface area contributed by atoms with Crippen LogP contribution in [0.2, 0.25) is 0 Å². The Bertz CT molecular complexity index is 535. The largest absolute Gasteiger partial charge is 0.314 e. The van der Waals surface area contributed by atoms with Gasteiger partial charge in [-0.1, -0.05) is 34.1 Å². The second-order valence-electron chi connectivity index (χ2n) is 5.03. The van der Waals surface area contributed by atoms with E-state index < -0.39 is 0 Å². The van der Waals surface area contributed by atoms with Crippen molar-refractivity contribution in [2.45, 2.75) is 6.04 Å². The van der Waals surface area contributed by atoms with Gasteiger partial charge in [-0.2, -0.15) is 0 Å². The zero-order valence-electron chi connectivity index (χ0n) is 11.3. The monoisotopic (exact) mass is 331 g/mol. The van der Waals surface area contributed by atoms with Gasteiger partial charge < -0.3 is 5.32 Å². The molecule has 20 heavy (non-hydrogen) atoms. The fourth-order valence-corrected chi connectivity index (χ4v) is 3.00. The summed E-state index contributed by atoms with van der Waals surface area (Å²) in [5.74, 6) is 0. The lowest BCUT2D eigenvalue weighted by atomic mass is 9.98. The molecule has 4 heteroatoms. The average molecular weight is 332 g/mol. The van der Waals surface area contributed by atoms with Crippen LogP contribution < -0.4 is 5.32 Å². The lowest BCUT2D eigenvalue weighted by molar-refractivity contribution is 0.198. The van der Waals surface area contributed by atoms with Gasteiger partial charge in [0, 0.05) is 43.0 Å². The number of rotatable bonds is 3. The molecule has 1 atom stereocenters. The van der Waals surface area contributed by atoms with Crippen molar-refractivity contribution in [2.24, 2.45) is 0 Å². The quantitative estimate of drug-likeness (QED) is 0.937. The first-order valence-electron chi connectivity index (χ1n) is 6.95. The third-order valence-corrected chi connectivity index (χ3v) is 4.23. The molecule has 1 fully saturated rings. The molecule has 1 aliphatic heterocycles. The third kappa shape index (κ3) is 3.08. The van der Waals surface area contributed by atoms with Crippen LogP contribution >= 0.6 is 15.9 Å². The highest BCUT2D eigenvalue weighted by atomic mass is 79.9. The number of hydrogen-bond donors (Lipinski definition) is 1. The Morgan fingerprint density at radius 3 is 2.45 bits per heavy atom. The molecule has 1 aromatic carbocycles. The molecule has 1 unspecified atom stereocenters. The molecule has 1 aliphatic rings. The van der Waals surface area contributed by atoms with E-state index in [2.05, 4.69) is 61.5 Å². The molecule has 1 saturated heterocycles. The van der Waals surface area contributed by atoms with Crippen LogP contribution in [0.15, 0.2) is 53.3 Å². The molecule has 0 bridgehead atoms. The van der Waals surface area contributed by atoms with Crippen molar-refractivity contribution in [3.05, 3.63) is 64.4 Å². The van der Waals surface area contributed by atoms with Crippen LogP contribution in [-0.2, 0) is 0 Å². The molecule has 1 aromatic heterocycles. The molecule has 2 heterocycles. The highest BCUT2D eigenvalue weighted by molar-refractivity contribution is 9.10. The minimum absolute atomic E-state index is 0.291. The molecule has 1 N–H and O–H groups in total. The maximum Gasteiger partial charge on any atom is 0.0617 e. The van der Waals surface area contributed by atoms with Crippen LogP contribution in [0.25, 0.3) is 0 Å². The summed E-state index contributed by atoms with van der Waals surface area (Å²) in [4.78, 5) is 6.82. The number of benzene rings is 1. The number of pyridine rings is 1. The van der Waals surface area contributed by atoms with Gasteiger partial charge in [-0.15, -0.1) is 0 Å². The highest BCUT2D eigenvalue weighted by Crippen LogP contribution is 2.29. The zero-order valence-corrected chi connectivity index (χ0v) is 12.9. The van der Waals surface area contributed by atoms with Crippen LogP contribution in [0.3, 0.4) is 0 Å². The summed E-state index contributed by atoms with van der Waals surface area (Å²) in [6.45, 7) is 4.23. The molecule has 3 rings (SSSR count). The van der Waals surface area contributed by atoms with E-state index in [0.717, 1.165) is 30.7 Å². The third-order valence-electron chi connectivity index (χ3n) is 3.70. The number of hydrogen-bond acceptors (Lipinski definition) is 3. The van der Waals surface area contributed by atoms with Crippen molar-refractivity contribution in [1.82, 2.24) is 15.2 Å². The molecule has 0 aliphatic carbocycles.